The highest BCUT2D eigenvalue weighted by Gasteiger charge is 2.20. The summed E-state index contributed by atoms with van der Waals surface area (Å²) in [6, 6.07) is 1.30. The maximum absolute atomic E-state index is 11.2. The van der Waals surface area contributed by atoms with E-state index in [-0.39, 0.29) is 5.82 Å². The highest BCUT2D eigenvalue weighted by Crippen LogP contribution is 2.19. The quantitative estimate of drug-likeness (QED) is 0.813. The molecule has 0 aliphatic rings. The summed E-state index contributed by atoms with van der Waals surface area (Å²) in [4.78, 5) is 11.2. The van der Waals surface area contributed by atoms with Gasteiger partial charge in [-0.05, 0) is 25.8 Å². The Bertz CT molecular complexity index is 508. The van der Waals surface area contributed by atoms with Crippen molar-refractivity contribution < 1.29 is 9.90 Å². The van der Waals surface area contributed by atoms with Gasteiger partial charge >= 0.3 is 5.97 Å². The molecule has 0 saturated heterocycles. The third-order valence-electron chi connectivity index (χ3n) is 3.02. The Hall–Kier alpha value is -2.16. The first-order valence-corrected chi connectivity index (χ1v) is 6.24. The van der Waals surface area contributed by atoms with E-state index >= 15 is 0 Å². The summed E-state index contributed by atoms with van der Waals surface area (Å²) in [5.41, 5.74) is 1.75. The molecule has 102 valence electrons. The maximum atomic E-state index is 11.2. The molecule has 0 radical (unpaired) electrons. The van der Waals surface area contributed by atoms with Gasteiger partial charge in [-0.2, -0.15) is 10.4 Å². The van der Waals surface area contributed by atoms with Gasteiger partial charge < -0.3 is 10.4 Å². The lowest BCUT2D eigenvalue weighted by Gasteiger charge is -2.16. The van der Waals surface area contributed by atoms with Crippen LogP contribution in [-0.4, -0.2) is 27.3 Å². The van der Waals surface area contributed by atoms with E-state index in [1.165, 1.54) is 0 Å². The zero-order valence-corrected chi connectivity index (χ0v) is 11.4. The van der Waals surface area contributed by atoms with Crippen LogP contribution in [-0.2, 0) is 4.79 Å². The standard InChI is InChI=1S/C13H18N4O2/c1-4-5-6-11(13(18)19)15-12-10(7-14)8(2)9(3)16-17-12/h11H,4-6H2,1-3H3,(H,15,17)(H,18,19). The molecule has 0 amide bonds. The number of hydrogen-bond acceptors (Lipinski definition) is 5. The van der Waals surface area contributed by atoms with Crippen molar-refractivity contribution in [2.75, 3.05) is 5.32 Å². The molecule has 0 bridgehead atoms. The highest BCUT2D eigenvalue weighted by molar-refractivity contribution is 5.77. The van der Waals surface area contributed by atoms with Gasteiger partial charge in [0.25, 0.3) is 0 Å². The summed E-state index contributed by atoms with van der Waals surface area (Å²) in [5.74, 6) is -0.702. The number of nitrogens with one attached hydrogen (secondary N) is 1. The molecular formula is C13H18N4O2. The van der Waals surface area contributed by atoms with Gasteiger partial charge in [0.1, 0.15) is 17.7 Å². The molecule has 1 unspecified atom stereocenters. The van der Waals surface area contributed by atoms with E-state index < -0.39 is 12.0 Å². The maximum Gasteiger partial charge on any atom is 0.326 e. The van der Waals surface area contributed by atoms with Crippen molar-refractivity contribution in [1.82, 2.24) is 10.2 Å². The second kappa shape index (κ2) is 6.69. The molecule has 0 aliphatic heterocycles. The minimum Gasteiger partial charge on any atom is -0.480 e. The number of aryl methyl sites for hydroxylation is 1. The fraction of sp³-hybridized carbons (Fsp3) is 0.538. The zero-order valence-electron chi connectivity index (χ0n) is 11.4. The number of aliphatic carboxylic acids is 1. The van der Waals surface area contributed by atoms with Crippen LogP contribution in [0.15, 0.2) is 0 Å². The van der Waals surface area contributed by atoms with E-state index in [0.717, 1.165) is 18.4 Å². The molecular weight excluding hydrogens is 244 g/mol. The Morgan fingerprint density at radius 1 is 1.47 bits per heavy atom. The SMILES string of the molecule is CCCCC(Nc1nnc(C)c(C)c1C#N)C(=O)O. The van der Waals surface area contributed by atoms with E-state index in [1.807, 2.05) is 13.0 Å². The lowest BCUT2D eigenvalue weighted by Crippen LogP contribution is -2.30. The molecule has 0 aromatic carbocycles. The van der Waals surface area contributed by atoms with Gasteiger partial charge in [0.05, 0.1) is 5.69 Å². The molecule has 6 heteroatoms. The van der Waals surface area contributed by atoms with Gasteiger partial charge in [-0.15, -0.1) is 5.10 Å². The topological polar surface area (TPSA) is 98.9 Å². The fourth-order valence-electron chi connectivity index (χ4n) is 1.68. The van der Waals surface area contributed by atoms with Crippen molar-refractivity contribution in [2.45, 2.75) is 46.1 Å². The molecule has 0 fully saturated rings. The Labute approximate surface area is 112 Å². The van der Waals surface area contributed by atoms with Crippen LogP contribution in [0.2, 0.25) is 0 Å². The van der Waals surface area contributed by atoms with E-state index in [1.54, 1.807) is 13.8 Å². The first kappa shape index (κ1) is 14.9. The van der Waals surface area contributed by atoms with Gasteiger partial charge in [0, 0.05) is 0 Å². The van der Waals surface area contributed by atoms with Crippen molar-refractivity contribution >= 4 is 11.8 Å². The Morgan fingerprint density at radius 3 is 2.68 bits per heavy atom. The molecule has 0 spiro atoms. The van der Waals surface area contributed by atoms with E-state index in [0.29, 0.717) is 17.7 Å². The third kappa shape index (κ3) is 3.65. The molecule has 1 atom stereocenters. The van der Waals surface area contributed by atoms with E-state index in [9.17, 15) is 4.79 Å². The molecule has 0 saturated carbocycles. The number of unbranched alkanes of at least 4 members (excludes halogenated alkanes) is 1. The number of anilines is 1. The molecule has 2 N–H and O–H groups in total. The second-order valence-electron chi connectivity index (χ2n) is 4.42. The van der Waals surface area contributed by atoms with Crippen molar-refractivity contribution in [3.05, 3.63) is 16.8 Å². The van der Waals surface area contributed by atoms with Gasteiger partial charge in [-0.1, -0.05) is 19.8 Å². The van der Waals surface area contributed by atoms with Gasteiger partial charge in [-0.3, -0.25) is 0 Å². The number of carboxylic acid groups (broad SMARTS) is 1. The second-order valence-corrected chi connectivity index (χ2v) is 4.42. The zero-order chi connectivity index (χ0) is 14.4. The summed E-state index contributed by atoms with van der Waals surface area (Å²) < 4.78 is 0. The van der Waals surface area contributed by atoms with Crippen LogP contribution < -0.4 is 5.32 Å². The van der Waals surface area contributed by atoms with Crippen LogP contribution >= 0.6 is 0 Å². The van der Waals surface area contributed by atoms with Crippen molar-refractivity contribution in [2.24, 2.45) is 0 Å². The molecule has 1 aromatic heterocycles. The molecule has 0 aliphatic carbocycles. The molecule has 6 nitrogen and oxygen atoms in total. The molecule has 1 aromatic rings. The summed E-state index contributed by atoms with van der Waals surface area (Å²) >= 11 is 0. The fourth-order valence-corrected chi connectivity index (χ4v) is 1.68. The van der Waals surface area contributed by atoms with E-state index in [2.05, 4.69) is 15.5 Å². The number of aromatic nitrogens is 2. The normalized spacial score (nSPS) is 11.7. The molecule has 1 rings (SSSR count). The first-order chi connectivity index (χ1) is 9.01. The first-order valence-electron chi connectivity index (χ1n) is 6.24. The van der Waals surface area contributed by atoms with Crippen LogP contribution in [0.1, 0.15) is 43.0 Å². The van der Waals surface area contributed by atoms with E-state index in [4.69, 9.17) is 10.4 Å². The van der Waals surface area contributed by atoms with Crippen LogP contribution in [0.5, 0.6) is 0 Å². The smallest absolute Gasteiger partial charge is 0.326 e. The number of carbonyl (C=O) groups is 1. The molecule has 1 heterocycles. The van der Waals surface area contributed by atoms with Crippen LogP contribution in [0.25, 0.3) is 0 Å². The largest absolute Gasteiger partial charge is 0.480 e. The number of rotatable bonds is 6. The van der Waals surface area contributed by atoms with Crippen LogP contribution in [0.4, 0.5) is 5.82 Å². The predicted molar refractivity (Wildman–Crippen MR) is 70.8 cm³/mol. The minimum atomic E-state index is -0.947. The lowest BCUT2D eigenvalue weighted by molar-refractivity contribution is -0.138. The van der Waals surface area contributed by atoms with Crippen LogP contribution in [0.3, 0.4) is 0 Å². The summed E-state index contributed by atoms with van der Waals surface area (Å²) in [7, 11) is 0. The van der Waals surface area contributed by atoms with Crippen molar-refractivity contribution in [3.8, 4) is 6.07 Å². The summed E-state index contributed by atoms with van der Waals surface area (Å²) in [6.07, 6.45) is 2.20. The third-order valence-corrected chi connectivity index (χ3v) is 3.02. The highest BCUT2D eigenvalue weighted by atomic mass is 16.4. The average molecular weight is 262 g/mol. The number of hydrogen-bond donors (Lipinski definition) is 2. The van der Waals surface area contributed by atoms with Gasteiger partial charge in [0.15, 0.2) is 5.82 Å². The van der Waals surface area contributed by atoms with Gasteiger partial charge in [0.2, 0.25) is 0 Å². The Balaban J connectivity index is 3.00. The number of nitrogens with zero attached hydrogens (tertiary/aromatic N) is 3. The Morgan fingerprint density at radius 2 is 2.16 bits per heavy atom. The Kier molecular flexibility index (Phi) is 5.24. The summed E-state index contributed by atoms with van der Waals surface area (Å²) in [5, 5.41) is 28.9. The van der Waals surface area contributed by atoms with Crippen LogP contribution in [0, 0.1) is 25.2 Å². The summed E-state index contributed by atoms with van der Waals surface area (Å²) in [6.45, 7) is 5.53. The lowest BCUT2D eigenvalue weighted by atomic mass is 10.1. The number of nitriles is 1. The average Bonchev–Trinajstić information content (AvgIpc) is 2.38. The minimum absolute atomic E-state index is 0.245. The van der Waals surface area contributed by atoms with Gasteiger partial charge in [-0.25, -0.2) is 4.79 Å². The number of carboxylic acids is 1. The molecule has 19 heavy (non-hydrogen) atoms. The van der Waals surface area contributed by atoms with Crippen molar-refractivity contribution in [1.29, 1.82) is 5.26 Å². The monoisotopic (exact) mass is 262 g/mol. The predicted octanol–water partition coefficient (Wildman–Crippen LogP) is 2.02. The van der Waals surface area contributed by atoms with Crippen molar-refractivity contribution in [3.63, 3.8) is 0 Å².